The molecule has 0 aliphatic carbocycles. The molecule has 0 fully saturated rings. The average molecular weight is 346 g/mol. The largest absolute Gasteiger partial charge is 0.369 e. The molecule has 1 aromatic heterocycles. The predicted molar refractivity (Wildman–Crippen MR) is 79.0 cm³/mol. The van der Waals surface area contributed by atoms with Gasteiger partial charge in [-0.15, -0.1) is 11.3 Å². The summed E-state index contributed by atoms with van der Waals surface area (Å²) in [6, 6.07) is 8.46. The Morgan fingerprint density at radius 1 is 1.39 bits per heavy atom. The van der Waals surface area contributed by atoms with Crippen molar-refractivity contribution in [2.45, 2.75) is 6.04 Å². The maximum absolute atomic E-state index is 11.5. The number of halogens is 2. The van der Waals surface area contributed by atoms with Gasteiger partial charge in [0.2, 0.25) is 5.91 Å². The molecule has 0 radical (unpaired) electrons. The van der Waals surface area contributed by atoms with Crippen LogP contribution in [0.3, 0.4) is 0 Å². The van der Waals surface area contributed by atoms with Gasteiger partial charge in [-0.3, -0.25) is 4.79 Å². The first-order valence-corrected chi connectivity index (χ1v) is 7.16. The van der Waals surface area contributed by atoms with Crippen molar-refractivity contribution in [1.82, 2.24) is 0 Å². The van der Waals surface area contributed by atoms with Gasteiger partial charge in [0.25, 0.3) is 0 Å². The summed E-state index contributed by atoms with van der Waals surface area (Å²) in [5, 5.41) is 5.65. The Labute approximate surface area is 122 Å². The smallest absolute Gasteiger partial charge is 0.245 e. The second-order valence-electron chi connectivity index (χ2n) is 3.65. The summed E-state index contributed by atoms with van der Waals surface area (Å²) < 4.78 is 0.937. The van der Waals surface area contributed by atoms with Crippen molar-refractivity contribution in [3.8, 4) is 0 Å². The molecule has 0 spiro atoms. The van der Waals surface area contributed by atoms with E-state index in [1.807, 2.05) is 11.4 Å². The van der Waals surface area contributed by atoms with Crippen LogP contribution in [0.2, 0.25) is 5.02 Å². The molecular formula is C12H10BrClN2OS. The third-order valence-electron chi connectivity index (χ3n) is 2.31. The summed E-state index contributed by atoms with van der Waals surface area (Å²) in [6.07, 6.45) is 0. The average Bonchev–Trinajstić information content (AvgIpc) is 2.74. The van der Waals surface area contributed by atoms with Crippen molar-refractivity contribution in [2.75, 3.05) is 5.32 Å². The van der Waals surface area contributed by atoms with Crippen molar-refractivity contribution in [2.24, 2.45) is 5.73 Å². The molecule has 0 bridgehead atoms. The molecule has 0 saturated carbocycles. The highest BCUT2D eigenvalue weighted by Crippen LogP contribution is 2.28. The lowest BCUT2D eigenvalue weighted by molar-refractivity contribution is -0.118. The van der Waals surface area contributed by atoms with E-state index in [9.17, 15) is 4.79 Å². The van der Waals surface area contributed by atoms with Gasteiger partial charge in [-0.25, -0.2) is 0 Å². The zero-order chi connectivity index (χ0) is 13.1. The van der Waals surface area contributed by atoms with Crippen LogP contribution in [0.5, 0.6) is 0 Å². The molecule has 18 heavy (non-hydrogen) atoms. The topological polar surface area (TPSA) is 55.1 Å². The number of primary amides is 1. The van der Waals surface area contributed by atoms with E-state index in [2.05, 4.69) is 21.2 Å². The molecule has 1 aromatic carbocycles. The third-order valence-corrected chi connectivity index (χ3v) is 4.32. The molecule has 0 aliphatic rings. The zero-order valence-electron chi connectivity index (χ0n) is 9.19. The Bertz CT molecular complexity index is 555. The van der Waals surface area contributed by atoms with Crippen LogP contribution in [0.4, 0.5) is 5.69 Å². The normalized spacial score (nSPS) is 12.1. The fourth-order valence-electron chi connectivity index (χ4n) is 1.47. The van der Waals surface area contributed by atoms with E-state index in [-0.39, 0.29) is 0 Å². The summed E-state index contributed by atoms with van der Waals surface area (Å²) in [5.74, 6) is -0.417. The van der Waals surface area contributed by atoms with Crippen LogP contribution in [0, 0.1) is 0 Å². The molecule has 0 aliphatic heterocycles. The Morgan fingerprint density at radius 2 is 2.06 bits per heavy atom. The number of hydrogen-bond donors (Lipinski definition) is 2. The van der Waals surface area contributed by atoms with Crippen LogP contribution in [0.15, 0.2) is 40.2 Å². The van der Waals surface area contributed by atoms with E-state index >= 15 is 0 Å². The Kier molecular flexibility index (Phi) is 4.27. The molecule has 3 nitrogen and oxygen atoms in total. The van der Waals surface area contributed by atoms with Crippen LogP contribution < -0.4 is 11.1 Å². The second-order valence-corrected chi connectivity index (χ2v) is 5.95. The minimum atomic E-state index is -0.539. The van der Waals surface area contributed by atoms with Gasteiger partial charge in [-0.2, -0.15) is 0 Å². The SMILES string of the molecule is NC(=O)C(Nc1ccc(Cl)cc1)c1cc(Br)cs1. The zero-order valence-corrected chi connectivity index (χ0v) is 12.3. The number of carbonyl (C=O) groups is 1. The van der Waals surface area contributed by atoms with Crippen LogP contribution in [0.1, 0.15) is 10.9 Å². The van der Waals surface area contributed by atoms with E-state index in [0.717, 1.165) is 15.0 Å². The quantitative estimate of drug-likeness (QED) is 0.885. The Hall–Kier alpha value is -1.04. The molecule has 1 amide bonds. The minimum absolute atomic E-state index is 0.417. The summed E-state index contributed by atoms with van der Waals surface area (Å²) in [7, 11) is 0. The van der Waals surface area contributed by atoms with E-state index < -0.39 is 11.9 Å². The predicted octanol–water partition coefficient (Wildman–Crippen LogP) is 3.80. The molecule has 1 unspecified atom stereocenters. The van der Waals surface area contributed by atoms with Gasteiger partial charge in [0.05, 0.1) is 0 Å². The second kappa shape index (κ2) is 5.73. The number of carbonyl (C=O) groups excluding carboxylic acids is 1. The molecule has 3 N–H and O–H groups in total. The van der Waals surface area contributed by atoms with E-state index in [1.165, 1.54) is 11.3 Å². The number of nitrogens with two attached hydrogens (primary N) is 1. The summed E-state index contributed by atoms with van der Waals surface area (Å²) >= 11 is 10.6. The van der Waals surface area contributed by atoms with E-state index in [0.29, 0.717) is 5.02 Å². The number of thiophene rings is 1. The van der Waals surface area contributed by atoms with Gasteiger partial charge >= 0.3 is 0 Å². The number of anilines is 1. The molecule has 1 atom stereocenters. The van der Waals surface area contributed by atoms with Crippen molar-refractivity contribution in [3.05, 3.63) is 50.1 Å². The fraction of sp³-hybridized carbons (Fsp3) is 0.0833. The summed E-state index contributed by atoms with van der Waals surface area (Å²) in [6.45, 7) is 0. The molecule has 2 rings (SSSR count). The lowest BCUT2D eigenvalue weighted by atomic mass is 10.2. The lowest BCUT2D eigenvalue weighted by Crippen LogP contribution is -2.26. The molecule has 1 heterocycles. The molecular weight excluding hydrogens is 336 g/mol. The number of nitrogens with one attached hydrogen (secondary N) is 1. The van der Waals surface area contributed by atoms with Gasteiger partial charge in [0, 0.05) is 25.4 Å². The van der Waals surface area contributed by atoms with Crippen molar-refractivity contribution in [1.29, 1.82) is 0 Å². The van der Waals surface area contributed by atoms with Crippen molar-refractivity contribution >= 4 is 50.5 Å². The molecule has 0 saturated heterocycles. The first-order chi connectivity index (χ1) is 8.56. The van der Waals surface area contributed by atoms with Gasteiger partial charge in [0.1, 0.15) is 6.04 Å². The van der Waals surface area contributed by atoms with Crippen LogP contribution >= 0.6 is 38.9 Å². The Morgan fingerprint density at radius 3 is 2.56 bits per heavy atom. The number of hydrogen-bond acceptors (Lipinski definition) is 3. The van der Waals surface area contributed by atoms with Gasteiger partial charge < -0.3 is 11.1 Å². The monoisotopic (exact) mass is 344 g/mol. The molecule has 6 heteroatoms. The maximum Gasteiger partial charge on any atom is 0.245 e. The summed E-state index contributed by atoms with van der Waals surface area (Å²) in [5.41, 5.74) is 6.22. The highest BCUT2D eigenvalue weighted by Gasteiger charge is 2.19. The number of amides is 1. The minimum Gasteiger partial charge on any atom is -0.369 e. The van der Waals surface area contributed by atoms with Crippen LogP contribution in [-0.4, -0.2) is 5.91 Å². The number of benzene rings is 1. The van der Waals surface area contributed by atoms with Gasteiger partial charge in [-0.05, 0) is 46.3 Å². The van der Waals surface area contributed by atoms with E-state index in [4.69, 9.17) is 17.3 Å². The Balaban J connectivity index is 2.22. The highest BCUT2D eigenvalue weighted by molar-refractivity contribution is 9.10. The van der Waals surface area contributed by atoms with Crippen LogP contribution in [0.25, 0.3) is 0 Å². The first kappa shape index (κ1) is 13.4. The standard InChI is InChI=1S/C12H10BrClN2OS/c13-7-5-10(18-6-7)11(12(15)17)16-9-3-1-8(14)2-4-9/h1-6,11,16H,(H2,15,17). The van der Waals surface area contributed by atoms with Gasteiger partial charge in [-0.1, -0.05) is 11.6 Å². The van der Waals surface area contributed by atoms with Crippen molar-refractivity contribution in [3.63, 3.8) is 0 Å². The summed E-state index contributed by atoms with van der Waals surface area (Å²) in [4.78, 5) is 12.4. The van der Waals surface area contributed by atoms with Crippen molar-refractivity contribution < 1.29 is 4.79 Å². The van der Waals surface area contributed by atoms with Gasteiger partial charge in [0.15, 0.2) is 0 Å². The highest BCUT2D eigenvalue weighted by atomic mass is 79.9. The first-order valence-electron chi connectivity index (χ1n) is 5.11. The third kappa shape index (κ3) is 3.25. The fourth-order valence-corrected chi connectivity index (χ4v) is 3.10. The lowest BCUT2D eigenvalue weighted by Gasteiger charge is -2.15. The van der Waals surface area contributed by atoms with E-state index in [1.54, 1.807) is 24.3 Å². The molecule has 94 valence electrons. The maximum atomic E-state index is 11.5. The molecule has 2 aromatic rings. The number of rotatable bonds is 4. The van der Waals surface area contributed by atoms with Crippen LogP contribution in [-0.2, 0) is 4.79 Å².